The van der Waals surface area contributed by atoms with Crippen molar-refractivity contribution >= 4 is 5.78 Å². The molecule has 0 aromatic heterocycles. The van der Waals surface area contributed by atoms with E-state index in [-0.39, 0.29) is 5.78 Å². The summed E-state index contributed by atoms with van der Waals surface area (Å²) in [5.74, 6) is 0.275. The topological polar surface area (TPSA) is 32.3 Å². The van der Waals surface area contributed by atoms with Crippen LogP contribution in [0.25, 0.3) is 0 Å². The zero-order valence-corrected chi connectivity index (χ0v) is 7.05. The first kappa shape index (κ1) is 8.27. The van der Waals surface area contributed by atoms with Gasteiger partial charge in [0, 0.05) is 45.4 Å². The number of carbonyl (C=O) groups excluding carboxylic acids is 1. The summed E-state index contributed by atoms with van der Waals surface area (Å²) in [6, 6.07) is 0. The SMILES string of the molecule is CN(C)/C=C1\CNCCC1=O. The molecule has 0 amide bonds. The maximum Gasteiger partial charge on any atom is 0.162 e. The van der Waals surface area contributed by atoms with Gasteiger partial charge in [-0.25, -0.2) is 0 Å². The van der Waals surface area contributed by atoms with Crippen molar-refractivity contribution in [1.82, 2.24) is 10.2 Å². The molecule has 1 fully saturated rings. The van der Waals surface area contributed by atoms with E-state index in [2.05, 4.69) is 5.32 Å². The van der Waals surface area contributed by atoms with Gasteiger partial charge in [-0.3, -0.25) is 4.79 Å². The fourth-order valence-electron chi connectivity index (χ4n) is 1.11. The molecule has 1 heterocycles. The molecule has 0 atom stereocenters. The van der Waals surface area contributed by atoms with Crippen LogP contribution in [-0.4, -0.2) is 37.9 Å². The van der Waals surface area contributed by atoms with Crippen molar-refractivity contribution in [3.05, 3.63) is 11.8 Å². The molecule has 0 unspecified atom stereocenters. The average molecular weight is 154 g/mol. The molecule has 0 bridgehead atoms. The molecule has 1 saturated heterocycles. The van der Waals surface area contributed by atoms with Gasteiger partial charge in [-0.15, -0.1) is 0 Å². The summed E-state index contributed by atoms with van der Waals surface area (Å²) in [6.45, 7) is 1.54. The first-order valence-corrected chi connectivity index (χ1v) is 3.81. The molecule has 3 nitrogen and oxygen atoms in total. The third-order valence-corrected chi connectivity index (χ3v) is 1.62. The van der Waals surface area contributed by atoms with Crippen molar-refractivity contribution in [2.45, 2.75) is 6.42 Å². The molecule has 1 N–H and O–H groups in total. The number of nitrogens with zero attached hydrogens (tertiary/aromatic N) is 1. The zero-order valence-electron chi connectivity index (χ0n) is 7.05. The Balaban J connectivity index is 2.61. The van der Waals surface area contributed by atoms with Crippen LogP contribution in [0.15, 0.2) is 11.8 Å². The molecular formula is C8H14N2O. The van der Waals surface area contributed by atoms with Crippen LogP contribution in [0.1, 0.15) is 6.42 Å². The number of carbonyl (C=O) groups is 1. The molecule has 0 aliphatic carbocycles. The molecule has 0 radical (unpaired) electrons. The van der Waals surface area contributed by atoms with Crippen molar-refractivity contribution in [1.29, 1.82) is 0 Å². The van der Waals surface area contributed by atoms with E-state index in [1.165, 1.54) is 0 Å². The summed E-state index contributed by atoms with van der Waals surface area (Å²) < 4.78 is 0. The second-order valence-electron chi connectivity index (χ2n) is 2.97. The number of ketones is 1. The number of nitrogens with one attached hydrogen (secondary N) is 1. The van der Waals surface area contributed by atoms with Gasteiger partial charge in [0.25, 0.3) is 0 Å². The highest BCUT2D eigenvalue weighted by Crippen LogP contribution is 2.03. The molecule has 11 heavy (non-hydrogen) atoms. The Kier molecular flexibility index (Phi) is 2.65. The van der Waals surface area contributed by atoms with Crippen molar-refractivity contribution in [2.24, 2.45) is 0 Å². The number of piperidine rings is 1. The van der Waals surface area contributed by atoms with E-state index in [0.717, 1.165) is 18.7 Å². The fourth-order valence-corrected chi connectivity index (χ4v) is 1.11. The van der Waals surface area contributed by atoms with E-state index in [4.69, 9.17) is 0 Å². The summed E-state index contributed by atoms with van der Waals surface area (Å²) in [5.41, 5.74) is 0.890. The van der Waals surface area contributed by atoms with Crippen molar-refractivity contribution in [3.63, 3.8) is 0 Å². The fraction of sp³-hybridized carbons (Fsp3) is 0.625. The number of Topliss-reactive ketones (excluding diaryl/α,β-unsaturated/α-hetero) is 1. The third kappa shape index (κ3) is 2.35. The van der Waals surface area contributed by atoms with Gasteiger partial charge in [-0.1, -0.05) is 0 Å². The molecule has 1 aliphatic heterocycles. The molecule has 0 aromatic rings. The molecule has 0 saturated carbocycles. The molecule has 62 valence electrons. The van der Waals surface area contributed by atoms with E-state index < -0.39 is 0 Å². The van der Waals surface area contributed by atoms with Gasteiger partial charge in [-0.05, 0) is 0 Å². The Morgan fingerprint density at radius 1 is 1.55 bits per heavy atom. The predicted molar refractivity (Wildman–Crippen MR) is 44.3 cm³/mol. The maximum absolute atomic E-state index is 11.2. The normalized spacial score (nSPS) is 22.4. The smallest absolute Gasteiger partial charge is 0.162 e. The Bertz CT molecular complexity index is 185. The van der Waals surface area contributed by atoms with Gasteiger partial charge in [-0.2, -0.15) is 0 Å². The lowest BCUT2D eigenvalue weighted by molar-refractivity contribution is -0.116. The van der Waals surface area contributed by atoms with Crippen molar-refractivity contribution in [2.75, 3.05) is 27.2 Å². The van der Waals surface area contributed by atoms with Crippen LogP contribution in [0.3, 0.4) is 0 Å². The molecule has 1 aliphatic rings. The predicted octanol–water partition coefficient (Wildman–Crippen LogP) is -0.00570. The average Bonchev–Trinajstić information content (AvgIpc) is 1.93. The number of hydrogen-bond acceptors (Lipinski definition) is 3. The summed E-state index contributed by atoms with van der Waals surface area (Å²) in [6.07, 6.45) is 2.52. The van der Waals surface area contributed by atoms with Crippen LogP contribution in [-0.2, 0) is 4.79 Å². The van der Waals surface area contributed by atoms with Gasteiger partial charge in [0.05, 0.1) is 0 Å². The zero-order chi connectivity index (χ0) is 8.27. The molecule has 0 spiro atoms. The highest BCUT2D eigenvalue weighted by atomic mass is 16.1. The molecule has 1 rings (SSSR count). The highest BCUT2D eigenvalue weighted by molar-refractivity contribution is 5.96. The maximum atomic E-state index is 11.2. The monoisotopic (exact) mass is 154 g/mol. The van der Waals surface area contributed by atoms with Crippen LogP contribution in [0.5, 0.6) is 0 Å². The molecule has 0 aromatic carbocycles. The summed E-state index contributed by atoms with van der Waals surface area (Å²) in [4.78, 5) is 13.1. The third-order valence-electron chi connectivity index (χ3n) is 1.62. The second-order valence-corrected chi connectivity index (χ2v) is 2.97. The Hall–Kier alpha value is -0.830. The Morgan fingerprint density at radius 2 is 2.27 bits per heavy atom. The van der Waals surface area contributed by atoms with E-state index in [9.17, 15) is 4.79 Å². The lowest BCUT2D eigenvalue weighted by atomic mass is 10.1. The van der Waals surface area contributed by atoms with Gasteiger partial charge in [0.1, 0.15) is 0 Å². The lowest BCUT2D eigenvalue weighted by Crippen LogP contribution is -2.31. The van der Waals surface area contributed by atoms with Crippen LogP contribution >= 0.6 is 0 Å². The van der Waals surface area contributed by atoms with Gasteiger partial charge >= 0.3 is 0 Å². The van der Waals surface area contributed by atoms with E-state index in [1.807, 2.05) is 25.2 Å². The summed E-state index contributed by atoms with van der Waals surface area (Å²) in [7, 11) is 3.85. The first-order valence-electron chi connectivity index (χ1n) is 3.81. The number of hydrogen-bond donors (Lipinski definition) is 1. The van der Waals surface area contributed by atoms with Gasteiger partial charge in [0.2, 0.25) is 0 Å². The van der Waals surface area contributed by atoms with Crippen molar-refractivity contribution in [3.8, 4) is 0 Å². The molecule has 3 heteroatoms. The Morgan fingerprint density at radius 3 is 2.82 bits per heavy atom. The lowest BCUT2D eigenvalue weighted by Gasteiger charge is -2.16. The Labute approximate surface area is 67.1 Å². The second kappa shape index (κ2) is 3.53. The quantitative estimate of drug-likeness (QED) is 0.539. The van der Waals surface area contributed by atoms with Gasteiger partial charge in [0.15, 0.2) is 5.78 Å². The largest absolute Gasteiger partial charge is 0.383 e. The summed E-state index contributed by atoms with van der Waals surface area (Å²) >= 11 is 0. The first-order chi connectivity index (χ1) is 5.20. The van der Waals surface area contributed by atoms with E-state index in [1.54, 1.807) is 0 Å². The standard InChI is InChI=1S/C8H14N2O/c1-10(2)6-7-5-9-4-3-8(7)11/h6,9H,3-5H2,1-2H3/b7-6+. The van der Waals surface area contributed by atoms with Crippen molar-refractivity contribution < 1.29 is 4.79 Å². The minimum absolute atomic E-state index is 0.275. The van der Waals surface area contributed by atoms with E-state index in [0.29, 0.717) is 6.42 Å². The molecular weight excluding hydrogens is 140 g/mol. The van der Waals surface area contributed by atoms with Crippen LogP contribution in [0.4, 0.5) is 0 Å². The highest BCUT2D eigenvalue weighted by Gasteiger charge is 2.13. The van der Waals surface area contributed by atoms with Crippen LogP contribution < -0.4 is 5.32 Å². The van der Waals surface area contributed by atoms with E-state index >= 15 is 0 Å². The van der Waals surface area contributed by atoms with Gasteiger partial charge < -0.3 is 10.2 Å². The van der Waals surface area contributed by atoms with Crippen LogP contribution in [0.2, 0.25) is 0 Å². The minimum Gasteiger partial charge on any atom is -0.383 e. The minimum atomic E-state index is 0.275. The van der Waals surface area contributed by atoms with Crippen LogP contribution in [0, 0.1) is 0 Å². The summed E-state index contributed by atoms with van der Waals surface area (Å²) in [5, 5.41) is 3.15. The number of rotatable bonds is 1.